The lowest BCUT2D eigenvalue weighted by Gasteiger charge is -1.92. The van der Waals surface area contributed by atoms with E-state index in [-0.39, 0.29) is 0 Å². The molecule has 0 fully saturated rings. The molecule has 0 aliphatic rings. The smallest absolute Gasteiger partial charge is 0.0103 e. The summed E-state index contributed by atoms with van der Waals surface area (Å²) in [5, 5.41) is 0. The Morgan fingerprint density at radius 2 is 2.00 bits per heavy atom. The van der Waals surface area contributed by atoms with Crippen molar-refractivity contribution in [3.8, 4) is 0 Å². The van der Waals surface area contributed by atoms with Crippen LogP contribution in [0.25, 0.3) is 0 Å². The van der Waals surface area contributed by atoms with E-state index in [4.69, 9.17) is 5.73 Å². The minimum Gasteiger partial charge on any atom is -0.405 e. The number of allylic oxidation sites excluding steroid dienone is 1. The van der Waals surface area contributed by atoms with Crippen LogP contribution in [0, 0.1) is 0 Å². The van der Waals surface area contributed by atoms with Gasteiger partial charge in [0.15, 0.2) is 0 Å². The molecule has 0 spiro atoms. The van der Waals surface area contributed by atoms with E-state index in [1.165, 1.54) is 25.7 Å². The molecule has 0 bridgehead atoms. The fourth-order valence-electron chi connectivity index (χ4n) is 0.785. The summed E-state index contributed by atoms with van der Waals surface area (Å²) in [5.41, 5.74) is 5.16. The summed E-state index contributed by atoms with van der Waals surface area (Å²) in [4.78, 5) is 0. The van der Waals surface area contributed by atoms with Crippen LogP contribution in [0.2, 0.25) is 0 Å². The second-order valence-electron chi connectivity index (χ2n) is 2.28. The lowest BCUT2D eigenvalue weighted by Crippen LogP contribution is -1.77. The molecular formula is C8H17N. The molecule has 0 saturated carbocycles. The van der Waals surface area contributed by atoms with Crippen molar-refractivity contribution in [2.75, 3.05) is 0 Å². The second kappa shape index (κ2) is 7.54. The van der Waals surface area contributed by atoms with Crippen molar-refractivity contribution in [3.05, 3.63) is 12.3 Å². The maximum atomic E-state index is 5.16. The van der Waals surface area contributed by atoms with Crippen molar-refractivity contribution in [2.24, 2.45) is 5.73 Å². The zero-order valence-electron chi connectivity index (χ0n) is 6.27. The molecule has 0 heterocycles. The second-order valence-corrected chi connectivity index (χ2v) is 2.28. The Bertz CT molecular complexity index is 67.0. The van der Waals surface area contributed by atoms with Gasteiger partial charge in [0, 0.05) is 0 Å². The molecule has 2 N–H and O–H groups in total. The summed E-state index contributed by atoms with van der Waals surface area (Å²) in [7, 11) is 0. The molecule has 0 aromatic heterocycles. The average Bonchev–Trinajstić information content (AvgIpc) is 1.89. The molecule has 0 aromatic carbocycles. The Kier molecular flexibility index (Phi) is 7.15. The van der Waals surface area contributed by atoms with Gasteiger partial charge in [0.25, 0.3) is 0 Å². The molecule has 1 nitrogen and oxygen atoms in total. The van der Waals surface area contributed by atoms with Gasteiger partial charge in [0.2, 0.25) is 0 Å². The molecule has 0 atom stereocenters. The summed E-state index contributed by atoms with van der Waals surface area (Å²) in [6, 6.07) is 0. The van der Waals surface area contributed by atoms with E-state index in [2.05, 4.69) is 6.92 Å². The van der Waals surface area contributed by atoms with Crippen molar-refractivity contribution in [1.29, 1.82) is 0 Å². The molecule has 54 valence electrons. The molecule has 0 rings (SSSR count). The van der Waals surface area contributed by atoms with Gasteiger partial charge in [-0.2, -0.15) is 0 Å². The first-order valence-corrected chi connectivity index (χ1v) is 3.78. The van der Waals surface area contributed by atoms with Crippen LogP contribution in [0.3, 0.4) is 0 Å². The molecule has 0 saturated heterocycles. The molecule has 0 radical (unpaired) electrons. The molecule has 0 amide bonds. The first-order chi connectivity index (χ1) is 4.41. The third-order valence-corrected chi connectivity index (χ3v) is 1.36. The highest BCUT2D eigenvalue weighted by atomic mass is 14.5. The van der Waals surface area contributed by atoms with Gasteiger partial charge in [-0.1, -0.05) is 32.3 Å². The van der Waals surface area contributed by atoms with Gasteiger partial charge >= 0.3 is 0 Å². The molecule has 1 heteroatoms. The van der Waals surface area contributed by atoms with E-state index in [1.54, 1.807) is 6.20 Å². The van der Waals surface area contributed by atoms with Crippen LogP contribution in [0.1, 0.15) is 39.0 Å². The van der Waals surface area contributed by atoms with Crippen molar-refractivity contribution in [2.45, 2.75) is 39.0 Å². The summed E-state index contributed by atoms with van der Waals surface area (Å²) >= 11 is 0. The third-order valence-electron chi connectivity index (χ3n) is 1.36. The van der Waals surface area contributed by atoms with Gasteiger partial charge in [-0.25, -0.2) is 0 Å². The van der Waals surface area contributed by atoms with Gasteiger partial charge in [-0.05, 0) is 19.0 Å². The molecule has 0 aliphatic heterocycles. The van der Waals surface area contributed by atoms with E-state index in [9.17, 15) is 0 Å². The summed E-state index contributed by atoms with van der Waals surface area (Å²) in [6.07, 6.45) is 10.1. The van der Waals surface area contributed by atoms with E-state index in [1.807, 2.05) is 6.08 Å². The highest BCUT2D eigenvalue weighted by molar-refractivity contribution is 4.74. The van der Waals surface area contributed by atoms with Crippen LogP contribution in [0.4, 0.5) is 0 Å². The molecule has 9 heavy (non-hydrogen) atoms. The van der Waals surface area contributed by atoms with E-state index in [0.29, 0.717) is 0 Å². The van der Waals surface area contributed by atoms with Crippen LogP contribution in [-0.4, -0.2) is 0 Å². The Morgan fingerprint density at radius 3 is 2.56 bits per heavy atom. The van der Waals surface area contributed by atoms with Crippen molar-refractivity contribution < 1.29 is 0 Å². The van der Waals surface area contributed by atoms with Gasteiger partial charge in [0.05, 0.1) is 0 Å². The van der Waals surface area contributed by atoms with Crippen molar-refractivity contribution in [1.82, 2.24) is 0 Å². The first kappa shape index (κ1) is 8.54. The van der Waals surface area contributed by atoms with Crippen LogP contribution in [-0.2, 0) is 0 Å². The summed E-state index contributed by atoms with van der Waals surface area (Å²) < 4.78 is 0. The summed E-state index contributed by atoms with van der Waals surface area (Å²) in [6.45, 7) is 2.22. The maximum Gasteiger partial charge on any atom is -0.0103 e. The number of unbranched alkanes of at least 4 members (excludes halogenated alkanes) is 4. The maximum absolute atomic E-state index is 5.16. The van der Waals surface area contributed by atoms with Crippen molar-refractivity contribution in [3.63, 3.8) is 0 Å². The number of hydrogen-bond donors (Lipinski definition) is 1. The largest absolute Gasteiger partial charge is 0.405 e. The molecular weight excluding hydrogens is 110 g/mol. The van der Waals surface area contributed by atoms with Crippen LogP contribution < -0.4 is 5.73 Å². The fourth-order valence-corrected chi connectivity index (χ4v) is 0.785. The Balaban J connectivity index is 2.75. The third kappa shape index (κ3) is 7.54. The quantitative estimate of drug-likeness (QED) is 0.564. The SMILES string of the molecule is CCCCCC/C=C\N. The monoisotopic (exact) mass is 127 g/mol. The Labute approximate surface area is 57.9 Å². The lowest BCUT2D eigenvalue weighted by molar-refractivity contribution is 0.674. The molecule has 0 aromatic rings. The first-order valence-electron chi connectivity index (χ1n) is 3.78. The minimum absolute atomic E-state index is 1.15. The van der Waals surface area contributed by atoms with E-state index < -0.39 is 0 Å². The van der Waals surface area contributed by atoms with Gasteiger partial charge in [-0.3, -0.25) is 0 Å². The van der Waals surface area contributed by atoms with E-state index >= 15 is 0 Å². The Hall–Kier alpha value is -0.460. The van der Waals surface area contributed by atoms with Gasteiger partial charge < -0.3 is 5.73 Å². The average molecular weight is 127 g/mol. The predicted octanol–water partition coefficient (Wildman–Crippen LogP) is 2.43. The zero-order chi connectivity index (χ0) is 6.95. The number of hydrogen-bond acceptors (Lipinski definition) is 1. The Morgan fingerprint density at radius 1 is 1.22 bits per heavy atom. The minimum atomic E-state index is 1.15. The van der Waals surface area contributed by atoms with Crippen LogP contribution >= 0.6 is 0 Å². The van der Waals surface area contributed by atoms with Crippen molar-refractivity contribution >= 4 is 0 Å². The van der Waals surface area contributed by atoms with Crippen LogP contribution in [0.5, 0.6) is 0 Å². The molecule has 0 aliphatic carbocycles. The standard InChI is InChI=1S/C8H17N/c1-2-3-4-5-6-7-8-9/h7-8H,2-6,9H2,1H3/b8-7-. The number of nitrogens with two attached hydrogens (primary N) is 1. The number of rotatable bonds is 5. The predicted molar refractivity (Wildman–Crippen MR) is 42.1 cm³/mol. The van der Waals surface area contributed by atoms with E-state index in [0.717, 1.165) is 6.42 Å². The zero-order valence-corrected chi connectivity index (χ0v) is 6.27. The highest BCUT2D eigenvalue weighted by Gasteiger charge is 1.82. The highest BCUT2D eigenvalue weighted by Crippen LogP contribution is 2.01. The summed E-state index contributed by atoms with van der Waals surface area (Å²) in [5.74, 6) is 0. The topological polar surface area (TPSA) is 26.0 Å². The van der Waals surface area contributed by atoms with Crippen LogP contribution in [0.15, 0.2) is 12.3 Å². The van der Waals surface area contributed by atoms with Gasteiger partial charge in [0.1, 0.15) is 0 Å². The normalized spacial score (nSPS) is 10.8. The van der Waals surface area contributed by atoms with Gasteiger partial charge in [-0.15, -0.1) is 0 Å². The molecule has 0 unspecified atom stereocenters. The fraction of sp³-hybridized carbons (Fsp3) is 0.750. The lowest BCUT2D eigenvalue weighted by atomic mass is 10.1.